The third-order valence-corrected chi connectivity index (χ3v) is 10.5. The molecule has 2 fully saturated rings. The lowest BCUT2D eigenvalue weighted by Gasteiger charge is -2.41. The molecular weight excluding hydrogens is 247 g/mol. The predicted octanol–water partition coefficient (Wildman–Crippen LogP) is 6.12. The van der Waals surface area contributed by atoms with Gasteiger partial charge in [-0.3, -0.25) is 0 Å². The van der Waals surface area contributed by atoms with E-state index in [0.29, 0.717) is 15.7 Å². The second-order valence-electron chi connectivity index (χ2n) is 7.73. The Morgan fingerprint density at radius 2 is 1.37 bits per heavy atom. The van der Waals surface area contributed by atoms with Gasteiger partial charge < -0.3 is 0 Å². The van der Waals surface area contributed by atoms with Crippen LogP contribution in [0.15, 0.2) is 24.3 Å². The number of hydrogen-bond acceptors (Lipinski definition) is 0. The van der Waals surface area contributed by atoms with Crippen LogP contribution in [0.4, 0.5) is 0 Å². The van der Waals surface area contributed by atoms with Crippen molar-refractivity contribution < 1.29 is 0 Å². The van der Waals surface area contributed by atoms with Crippen LogP contribution in [0.25, 0.3) is 0 Å². The zero-order valence-corrected chi connectivity index (χ0v) is 14.5. The van der Waals surface area contributed by atoms with E-state index in [1.807, 2.05) is 0 Å². The fourth-order valence-corrected chi connectivity index (χ4v) is 8.07. The average Bonchev–Trinajstić information content (AvgIpc) is 3.19. The average molecular weight is 278 g/mol. The van der Waals surface area contributed by atoms with Crippen LogP contribution in [0.3, 0.4) is 0 Å². The highest BCUT2D eigenvalue weighted by Gasteiger charge is 2.62. The molecule has 19 heavy (non-hydrogen) atoms. The molecule has 1 heteroatoms. The van der Waals surface area contributed by atoms with Gasteiger partial charge in [-0.15, -0.1) is 0 Å². The molecule has 0 aromatic carbocycles. The lowest BCUT2D eigenvalue weighted by Crippen LogP contribution is -2.27. The molecule has 0 nitrogen and oxygen atoms in total. The van der Waals surface area contributed by atoms with Gasteiger partial charge in [0, 0.05) is 10.3 Å². The fourth-order valence-electron chi connectivity index (χ4n) is 3.34. The zero-order valence-electron chi connectivity index (χ0n) is 13.6. The highest BCUT2D eigenvalue weighted by molar-refractivity contribution is 7.62. The van der Waals surface area contributed by atoms with Crippen molar-refractivity contribution in [3.8, 4) is 0 Å². The zero-order chi connectivity index (χ0) is 14.5. The smallest absolute Gasteiger partial charge is 0.0117 e. The van der Waals surface area contributed by atoms with E-state index in [-0.39, 0.29) is 7.92 Å². The van der Waals surface area contributed by atoms with Crippen LogP contribution in [0, 0.1) is 5.41 Å². The van der Waals surface area contributed by atoms with Gasteiger partial charge in [-0.25, -0.2) is 0 Å². The Labute approximate surface area is 121 Å². The van der Waals surface area contributed by atoms with Crippen LogP contribution in [-0.2, 0) is 0 Å². The molecule has 2 saturated carbocycles. The van der Waals surface area contributed by atoms with Crippen molar-refractivity contribution in [1.29, 1.82) is 0 Å². The van der Waals surface area contributed by atoms with E-state index in [0.717, 1.165) is 0 Å². The molecule has 0 unspecified atom stereocenters. The van der Waals surface area contributed by atoms with Crippen molar-refractivity contribution in [2.24, 2.45) is 5.41 Å². The Hall–Kier alpha value is -0.0900. The summed E-state index contributed by atoms with van der Waals surface area (Å²) in [4.78, 5) is 0. The van der Waals surface area contributed by atoms with Gasteiger partial charge in [-0.1, -0.05) is 59.4 Å². The van der Waals surface area contributed by atoms with Gasteiger partial charge in [0.15, 0.2) is 0 Å². The van der Waals surface area contributed by atoms with Crippen molar-refractivity contribution >= 4 is 7.92 Å². The molecule has 0 amide bonds. The molecule has 0 bridgehead atoms. The van der Waals surface area contributed by atoms with E-state index in [2.05, 4.69) is 47.8 Å². The van der Waals surface area contributed by atoms with Crippen molar-refractivity contribution in [2.45, 2.75) is 77.0 Å². The number of rotatable bonds is 7. The van der Waals surface area contributed by atoms with Gasteiger partial charge in [0.05, 0.1) is 0 Å². The van der Waals surface area contributed by atoms with Gasteiger partial charge in [-0.2, -0.15) is 0 Å². The van der Waals surface area contributed by atoms with Gasteiger partial charge in [0.25, 0.3) is 0 Å². The van der Waals surface area contributed by atoms with E-state index >= 15 is 0 Å². The molecule has 108 valence electrons. The maximum absolute atomic E-state index is 4.35. The minimum absolute atomic E-state index is 0.00322. The predicted molar refractivity (Wildman–Crippen MR) is 89.4 cm³/mol. The highest BCUT2D eigenvalue weighted by atomic mass is 31.1. The summed E-state index contributed by atoms with van der Waals surface area (Å²) >= 11 is 0. The minimum Gasteiger partial charge on any atom is -0.0992 e. The first-order chi connectivity index (χ1) is 8.70. The quantitative estimate of drug-likeness (QED) is 0.388. The lowest BCUT2D eigenvalue weighted by atomic mass is 9.93. The second-order valence-corrected chi connectivity index (χ2v) is 10.6. The molecule has 0 radical (unpaired) electrons. The van der Waals surface area contributed by atoms with Gasteiger partial charge in [-0.05, 0) is 51.1 Å². The fraction of sp³-hybridized carbons (Fsp3) is 0.778. The molecule has 0 N–H and O–H groups in total. The molecule has 2 rings (SSSR count). The maximum atomic E-state index is 4.35. The van der Waals surface area contributed by atoms with Crippen molar-refractivity contribution in [2.75, 3.05) is 6.16 Å². The molecule has 0 atom stereocenters. The number of hydrogen-bond donors (Lipinski definition) is 0. The van der Waals surface area contributed by atoms with Crippen molar-refractivity contribution in [3.63, 3.8) is 0 Å². The van der Waals surface area contributed by atoms with Gasteiger partial charge in [0.2, 0.25) is 0 Å². The molecular formula is C18H31P. The van der Waals surface area contributed by atoms with Gasteiger partial charge in [0.1, 0.15) is 0 Å². The van der Waals surface area contributed by atoms with E-state index in [4.69, 9.17) is 0 Å². The Kier molecular flexibility index (Phi) is 3.81. The lowest BCUT2D eigenvalue weighted by molar-refractivity contribution is 0.403. The summed E-state index contributed by atoms with van der Waals surface area (Å²) in [5.74, 6) is 0. The summed E-state index contributed by atoms with van der Waals surface area (Å²) in [5, 5.41) is 1.02. The summed E-state index contributed by atoms with van der Waals surface area (Å²) in [5.41, 5.74) is 3.39. The van der Waals surface area contributed by atoms with Crippen LogP contribution in [-0.4, -0.2) is 16.5 Å². The van der Waals surface area contributed by atoms with Crippen LogP contribution >= 0.6 is 7.92 Å². The summed E-state index contributed by atoms with van der Waals surface area (Å²) in [7, 11) is 0.00322. The SMILES string of the molecule is C=C(C)C1(P(CC(C)(C)CC)C2(C(=C)C)CC2)CC1. The van der Waals surface area contributed by atoms with E-state index < -0.39 is 0 Å². The largest absolute Gasteiger partial charge is 0.0992 e. The second kappa shape index (κ2) is 4.73. The minimum atomic E-state index is 0.00322. The molecule has 0 aliphatic heterocycles. The summed E-state index contributed by atoms with van der Waals surface area (Å²) in [6, 6.07) is 0. The van der Waals surface area contributed by atoms with E-state index in [1.165, 1.54) is 49.4 Å². The van der Waals surface area contributed by atoms with Crippen LogP contribution < -0.4 is 0 Å². The normalized spacial score (nSPS) is 23.3. The maximum Gasteiger partial charge on any atom is 0.0117 e. The first-order valence-electron chi connectivity index (χ1n) is 7.80. The summed E-state index contributed by atoms with van der Waals surface area (Å²) < 4.78 is 0. The molecule has 0 spiro atoms. The molecule has 2 aliphatic rings. The Balaban J connectivity index is 2.30. The molecule has 2 aliphatic carbocycles. The Morgan fingerprint density at radius 1 is 1.00 bits per heavy atom. The highest BCUT2D eigenvalue weighted by Crippen LogP contribution is 2.81. The Bertz CT molecular complexity index is 364. The van der Waals surface area contributed by atoms with Crippen LogP contribution in [0.5, 0.6) is 0 Å². The Morgan fingerprint density at radius 3 is 1.58 bits per heavy atom. The topological polar surface area (TPSA) is 0 Å². The number of allylic oxidation sites excluding steroid dienone is 2. The summed E-state index contributed by atoms with van der Waals surface area (Å²) in [6.07, 6.45) is 8.25. The molecule has 0 heterocycles. The molecule has 0 aromatic heterocycles. The standard InChI is InChI=1S/C18H31P/c1-8-16(6,7)13-19(17(9-10-17)14(2)3)18(11-12-18)15(4)5/h2,4,8-13H2,1,3,5-7H3. The first-order valence-corrected chi connectivity index (χ1v) is 9.33. The monoisotopic (exact) mass is 278 g/mol. The third kappa shape index (κ3) is 2.58. The van der Waals surface area contributed by atoms with E-state index in [1.54, 1.807) is 0 Å². The third-order valence-electron chi connectivity index (χ3n) is 5.61. The molecule has 0 aromatic rings. The van der Waals surface area contributed by atoms with Crippen molar-refractivity contribution in [3.05, 3.63) is 24.3 Å². The summed E-state index contributed by atoms with van der Waals surface area (Å²) in [6.45, 7) is 20.5. The van der Waals surface area contributed by atoms with Crippen LogP contribution in [0.2, 0.25) is 0 Å². The van der Waals surface area contributed by atoms with E-state index in [9.17, 15) is 0 Å². The molecule has 0 saturated heterocycles. The first kappa shape index (κ1) is 15.3. The van der Waals surface area contributed by atoms with Crippen molar-refractivity contribution in [1.82, 2.24) is 0 Å². The van der Waals surface area contributed by atoms with Gasteiger partial charge >= 0.3 is 0 Å². The van der Waals surface area contributed by atoms with Crippen LogP contribution in [0.1, 0.15) is 66.7 Å².